The van der Waals surface area contributed by atoms with Crippen molar-refractivity contribution in [3.63, 3.8) is 0 Å². The molecule has 8 bridgehead atoms. The van der Waals surface area contributed by atoms with Crippen LogP contribution >= 0.6 is 0 Å². The molecule has 3 aromatic heterocycles. The quantitative estimate of drug-likeness (QED) is 0.117. The van der Waals surface area contributed by atoms with Gasteiger partial charge in [-0.1, -0.05) is 48.5 Å². The van der Waals surface area contributed by atoms with Crippen molar-refractivity contribution in [1.82, 2.24) is 39.9 Å². The number of nitro benzene ring substituents is 4. The Morgan fingerprint density at radius 1 is 0.415 bits per heavy atom. The maximum absolute atomic E-state index is 12.2. The van der Waals surface area contributed by atoms with Crippen LogP contribution < -0.4 is 9.97 Å². The van der Waals surface area contributed by atoms with Gasteiger partial charge in [-0.05, 0) is 0 Å². The van der Waals surface area contributed by atoms with Crippen molar-refractivity contribution in [3.05, 3.63) is 113 Å². The van der Waals surface area contributed by atoms with Crippen molar-refractivity contribution in [2.45, 2.75) is 0 Å². The van der Waals surface area contributed by atoms with Crippen molar-refractivity contribution in [1.29, 1.82) is 0 Å². The van der Waals surface area contributed by atoms with Gasteiger partial charge in [0.15, 0.2) is 0 Å². The van der Waals surface area contributed by atoms with Crippen LogP contribution in [0.3, 0.4) is 0 Å². The Hall–Kier alpha value is -7.64. The second-order valence-corrected chi connectivity index (χ2v) is 11.3. The van der Waals surface area contributed by atoms with Gasteiger partial charge in [-0.3, -0.25) is 40.5 Å². The first-order valence-corrected chi connectivity index (χ1v) is 14.9. The van der Waals surface area contributed by atoms with Crippen LogP contribution in [0.25, 0.3) is 89.7 Å². The first-order valence-electron chi connectivity index (χ1n) is 14.9. The van der Waals surface area contributed by atoms with Crippen LogP contribution in [0.5, 0.6) is 0 Å². The van der Waals surface area contributed by atoms with Crippen LogP contribution in [-0.4, -0.2) is 49.6 Å². The van der Waals surface area contributed by atoms with E-state index >= 15 is 0 Å². The number of nitro groups is 4. The maximum Gasteiger partial charge on any atom is 2.00 e. The second-order valence-electron chi connectivity index (χ2n) is 11.3. The molecule has 2 aliphatic rings. The number of non-ortho nitro benzene ring substituents is 2. The van der Waals surface area contributed by atoms with E-state index in [1.165, 1.54) is 72.8 Å². The molecule has 0 saturated carbocycles. The Balaban J connectivity index is 0.00000400. The fraction of sp³-hybridized carbons (Fsp3) is 0. The van der Waals surface area contributed by atoms with E-state index in [2.05, 4.69) is 39.9 Å². The molecule has 7 aromatic rings. The van der Waals surface area contributed by atoms with Gasteiger partial charge in [0.05, 0.1) is 64.9 Å². The number of nitrogens with zero attached hydrogens (tertiary/aromatic N) is 12. The standard InChI is InChI=1S/C32H12N12O8.Fe/c45-41(46)17-9-1-5-13-21(17)29-33-25(13)37-30-22-14(6-2-10-18(22)42(47)48)27(34-30)39-32-24-16(8-4-12-20(24)44(51)52)28(36-32)40-31-23-15(26(35-31)38-29)7-3-11-19(23)43(49)50;/h1-12H;/q-2;+2. The van der Waals surface area contributed by atoms with E-state index in [9.17, 15) is 40.5 Å². The largest absolute Gasteiger partial charge is 2.00 e. The predicted molar refractivity (Wildman–Crippen MR) is 181 cm³/mol. The smallest absolute Gasteiger partial charge is 0.357 e. The van der Waals surface area contributed by atoms with E-state index < -0.39 is 42.4 Å². The summed E-state index contributed by atoms with van der Waals surface area (Å²) in [6, 6.07) is 16.5. The van der Waals surface area contributed by atoms with E-state index in [1.54, 1.807) is 0 Å². The molecule has 256 valence electrons. The van der Waals surface area contributed by atoms with Crippen molar-refractivity contribution >= 4 is 66.9 Å². The van der Waals surface area contributed by atoms with Gasteiger partial charge in [0, 0.05) is 68.8 Å². The zero-order valence-corrected chi connectivity index (χ0v) is 27.0. The van der Waals surface area contributed by atoms with Gasteiger partial charge >= 0.3 is 17.1 Å². The summed E-state index contributed by atoms with van der Waals surface area (Å²) < 4.78 is 0. The molecule has 0 amide bonds. The number of benzene rings is 4. The normalized spacial score (nSPS) is 11.5. The fourth-order valence-corrected chi connectivity index (χ4v) is 6.39. The van der Waals surface area contributed by atoms with Gasteiger partial charge in [-0.2, -0.15) is 0 Å². The Labute approximate surface area is 301 Å². The maximum atomic E-state index is 12.2. The number of fused-ring (bicyclic) bond motifs is 20. The molecule has 4 aromatic carbocycles. The van der Waals surface area contributed by atoms with Crippen LogP contribution in [0.2, 0.25) is 0 Å². The van der Waals surface area contributed by atoms with E-state index in [4.69, 9.17) is 0 Å². The van der Waals surface area contributed by atoms with Crippen LogP contribution in [0.1, 0.15) is 0 Å². The minimum Gasteiger partial charge on any atom is -0.357 e. The summed E-state index contributed by atoms with van der Waals surface area (Å²) in [4.78, 5) is 82.5. The fourth-order valence-electron chi connectivity index (χ4n) is 6.39. The van der Waals surface area contributed by atoms with Crippen molar-refractivity contribution in [2.75, 3.05) is 0 Å². The first-order chi connectivity index (χ1) is 25.1. The zero-order valence-electron chi connectivity index (χ0n) is 25.9. The minimum absolute atomic E-state index is 0. The Bertz CT molecular complexity index is 2820. The van der Waals surface area contributed by atoms with Gasteiger partial charge in [-0.15, -0.1) is 0 Å². The van der Waals surface area contributed by atoms with E-state index in [-0.39, 0.29) is 107 Å². The summed E-state index contributed by atoms with van der Waals surface area (Å²) in [5, 5.41) is 49.1. The SMILES string of the molecule is O=[N+]([O-])c1cccc2c1-c1nc-2nc2[n-]c(nc3nc(nc4[n-]c(n1)c1cccc([N+](=O)[O-])c41)-c1cccc([N+](=O)[O-])c1-3)c1cccc([N+](=O)[O-])c21.[Fe+2]. The summed E-state index contributed by atoms with van der Waals surface area (Å²) in [6.45, 7) is 0. The monoisotopic (exact) mass is 748 g/mol. The molecule has 53 heavy (non-hydrogen) atoms. The van der Waals surface area contributed by atoms with Gasteiger partial charge in [-0.25, -0.2) is 9.97 Å². The zero-order chi connectivity index (χ0) is 36.0. The van der Waals surface area contributed by atoms with Gasteiger partial charge < -0.3 is 29.9 Å². The molecule has 0 unspecified atom stereocenters. The molecule has 0 radical (unpaired) electrons. The molecule has 21 heteroatoms. The third kappa shape index (κ3) is 4.83. The minimum atomic E-state index is -0.641. The summed E-state index contributed by atoms with van der Waals surface area (Å²) in [5.41, 5.74) is -2.12. The summed E-state index contributed by atoms with van der Waals surface area (Å²) in [6.07, 6.45) is 0. The van der Waals surface area contributed by atoms with Gasteiger partial charge in [0.2, 0.25) is 0 Å². The number of aromatic nitrogens is 8. The average Bonchev–Trinajstić information content (AvgIpc) is 3.86. The van der Waals surface area contributed by atoms with Crippen LogP contribution in [0.4, 0.5) is 22.7 Å². The van der Waals surface area contributed by atoms with Gasteiger partial charge in [0.25, 0.3) is 22.7 Å². The molecule has 0 aliphatic carbocycles. The number of hydrogen-bond acceptors (Lipinski definition) is 14. The van der Waals surface area contributed by atoms with Gasteiger partial charge in [0.1, 0.15) is 0 Å². The molecule has 0 atom stereocenters. The second kappa shape index (κ2) is 11.7. The average molecular weight is 748 g/mol. The Kier molecular flexibility index (Phi) is 7.20. The summed E-state index contributed by atoms with van der Waals surface area (Å²) in [5.74, 6) is -0.739. The van der Waals surface area contributed by atoms with Crippen molar-refractivity contribution in [3.8, 4) is 45.6 Å². The molecule has 0 fully saturated rings. The number of hydrogen-bond donors (Lipinski definition) is 0. The Morgan fingerprint density at radius 2 is 0.755 bits per heavy atom. The summed E-state index contributed by atoms with van der Waals surface area (Å²) >= 11 is 0. The first kappa shape index (κ1) is 32.6. The van der Waals surface area contributed by atoms with E-state index in [1.807, 2.05) is 0 Å². The van der Waals surface area contributed by atoms with Crippen molar-refractivity contribution in [2.24, 2.45) is 0 Å². The molecule has 5 heterocycles. The molecular weight excluding hydrogens is 736 g/mol. The molecule has 0 spiro atoms. The van der Waals surface area contributed by atoms with Crippen LogP contribution in [-0.2, 0) is 17.1 Å². The molecule has 0 N–H and O–H groups in total. The molecule has 9 rings (SSSR count). The van der Waals surface area contributed by atoms with E-state index in [0.29, 0.717) is 0 Å². The molecule has 0 saturated heterocycles. The third-order valence-corrected chi connectivity index (χ3v) is 8.51. The number of rotatable bonds is 4. The van der Waals surface area contributed by atoms with E-state index in [0.717, 1.165) is 0 Å². The topological polar surface area (TPSA) is 278 Å². The molecular formula is C32H12FeN12O8. The summed E-state index contributed by atoms with van der Waals surface area (Å²) in [7, 11) is 0. The molecule has 20 nitrogen and oxygen atoms in total. The Morgan fingerprint density at radius 3 is 1.13 bits per heavy atom. The van der Waals surface area contributed by atoms with Crippen LogP contribution in [0.15, 0.2) is 72.8 Å². The molecule has 2 aliphatic heterocycles. The van der Waals surface area contributed by atoms with Crippen LogP contribution in [0, 0.1) is 40.5 Å². The third-order valence-electron chi connectivity index (χ3n) is 8.51. The van der Waals surface area contributed by atoms with Crippen molar-refractivity contribution < 1.29 is 36.8 Å². The predicted octanol–water partition coefficient (Wildman–Crippen LogP) is 5.76.